The number of hydrogen-bond acceptors (Lipinski definition) is 4. The minimum absolute atomic E-state index is 0.297. The highest BCUT2D eigenvalue weighted by Crippen LogP contribution is 2.25. The highest BCUT2D eigenvalue weighted by Gasteiger charge is 2.11. The topological polar surface area (TPSA) is 64.6 Å². The third-order valence-corrected chi connectivity index (χ3v) is 4.06. The van der Waals surface area contributed by atoms with Crippen molar-refractivity contribution >= 4 is 49.4 Å². The van der Waals surface area contributed by atoms with Crippen molar-refractivity contribution in [2.45, 2.75) is 0 Å². The zero-order valence-electron chi connectivity index (χ0n) is 12.2. The van der Waals surface area contributed by atoms with Gasteiger partial charge in [-0.05, 0) is 62.2 Å². The molecule has 0 saturated carbocycles. The molecule has 0 radical (unpaired) electrons. The Morgan fingerprint density at radius 3 is 2.50 bits per heavy atom. The Labute approximate surface area is 154 Å². The molecule has 0 atom stereocenters. The van der Waals surface area contributed by atoms with Gasteiger partial charge in [0.1, 0.15) is 11.6 Å². The molecule has 24 heavy (non-hydrogen) atoms. The molecule has 8 heteroatoms. The Kier molecular flexibility index (Phi) is 6.74. The summed E-state index contributed by atoms with van der Waals surface area (Å²) in [5.41, 5.74) is 0.574. The summed E-state index contributed by atoms with van der Waals surface area (Å²) in [6.07, 6.45) is 0. The number of nitrogens with one attached hydrogen (secondary N) is 1. The van der Waals surface area contributed by atoms with Gasteiger partial charge in [0.15, 0.2) is 13.2 Å². The van der Waals surface area contributed by atoms with Crippen LogP contribution in [0, 0.1) is 5.82 Å². The summed E-state index contributed by atoms with van der Waals surface area (Å²) in [6.45, 7) is -0.833. The van der Waals surface area contributed by atoms with E-state index in [0.717, 1.165) is 0 Å². The summed E-state index contributed by atoms with van der Waals surface area (Å²) in [7, 11) is 0. The number of benzene rings is 2. The van der Waals surface area contributed by atoms with Gasteiger partial charge in [-0.25, -0.2) is 9.18 Å². The summed E-state index contributed by atoms with van der Waals surface area (Å²) in [4.78, 5) is 23.3. The van der Waals surface area contributed by atoms with Gasteiger partial charge in [0.05, 0.1) is 10.2 Å². The molecule has 0 aliphatic carbocycles. The lowest BCUT2D eigenvalue weighted by Gasteiger charge is -2.09. The van der Waals surface area contributed by atoms with Crippen molar-refractivity contribution in [2.24, 2.45) is 0 Å². The van der Waals surface area contributed by atoms with Gasteiger partial charge in [-0.1, -0.05) is 12.1 Å². The van der Waals surface area contributed by atoms with E-state index >= 15 is 0 Å². The van der Waals surface area contributed by atoms with Crippen molar-refractivity contribution < 1.29 is 23.5 Å². The lowest BCUT2D eigenvalue weighted by molar-refractivity contribution is -0.149. The molecule has 0 aliphatic rings. The fraction of sp³-hybridized carbons (Fsp3) is 0.125. The largest absolute Gasteiger partial charge is 0.481 e. The second-order valence-electron chi connectivity index (χ2n) is 4.55. The minimum Gasteiger partial charge on any atom is -0.481 e. The number of hydrogen-bond donors (Lipinski definition) is 1. The highest BCUT2D eigenvalue weighted by molar-refractivity contribution is 9.11. The number of carbonyl (C=O) groups excluding carboxylic acids is 2. The summed E-state index contributed by atoms with van der Waals surface area (Å²) >= 11 is 6.41. The number of halogens is 3. The van der Waals surface area contributed by atoms with Crippen LogP contribution in [0.15, 0.2) is 51.4 Å². The van der Waals surface area contributed by atoms with Crippen LogP contribution < -0.4 is 10.1 Å². The van der Waals surface area contributed by atoms with Gasteiger partial charge in [-0.2, -0.15) is 0 Å². The Bertz CT molecular complexity index is 755. The summed E-state index contributed by atoms with van der Waals surface area (Å²) in [6, 6.07) is 10.9. The maximum Gasteiger partial charge on any atom is 0.344 e. The molecule has 0 bridgehead atoms. The monoisotopic (exact) mass is 459 g/mol. The lowest BCUT2D eigenvalue weighted by Crippen LogP contribution is -2.23. The quantitative estimate of drug-likeness (QED) is 0.663. The Morgan fingerprint density at radius 2 is 1.79 bits per heavy atom. The Hall–Kier alpha value is -1.93. The SMILES string of the molecule is O=C(COC(=O)COc1ccc(F)cc1Br)Nc1ccccc1Br. The van der Waals surface area contributed by atoms with E-state index in [9.17, 15) is 14.0 Å². The van der Waals surface area contributed by atoms with E-state index in [0.29, 0.717) is 20.4 Å². The summed E-state index contributed by atoms with van der Waals surface area (Å²) in [5.74, 6) is -1.32. The number of rotatable bonds is 6. The van der Waals surface area contributed by atoms with Crippen molar-refractivity contribution in [3.8, 4) is 5.75 Å². The van der Waals surface area contributed by atoms with Crippen molar-refractivity contribution in [3.05, 3.63) is 57.2 Å². The molecule has 2 aromatic rings. The predicted molar refractivity (Wildman–Crippen MR) is 93.3 cm³/mol. The molecule has 1 N–H and O–H groups in total. The number of esters is 1. The molecule has 0 unspecified atom stereocenters. The Morgan fingerprint density at radius 1 is 1.04 bits per heavy atom. The number of para-hydroxylation sites is 1. The van der Waals surface area contributed by atoms with Crippen molar-refractivity contribution in [3.63, 3.8) is 0 Å². The van der Waals surface area contributed by atoms with Gasteiger partial charge in [-0.3, -0.25) is 4.79 Å². The van der Waals surface area contributed by atoms with E-state index in [-0.39, 0.29) is 0 Å². The summed E-state index contributed by atoms with van der Waals surface area (Å²) in [5, 5.41) is 2.60. The van der Waals surface area contributed by atoms with Gasteiger partial charge in [-0.15, -0.1) is 0 Å². The average Bonchev–Trinajstić information content (AvgIpc) is 2.54. The molecule has 0 heterocycles. The molecule has 0 aromatic heterocycles. The molecule has 1 amide bonds. The van der Waals surface area contributed by atoms with Gasteiger partial charge < -0.3 is 14.8 Å². The normalized spacial score (nSPS) is 10.1. The van der Waals surface area contributed by atoms with E-state index in [1.54, 1.807) is 18.2 Å². The number of amides is 1. The van der Waals surface area contributed by atoms with Crippen LogP contribution in [0.1, 0.15) is 0 Å². The van der Waals surface area contributed by atoms with Crippen LogP contribution in [0.5, 0.6) is 5.75 Å². The molecule has 5 nitrogen and oxygen atoms in total. The van der Waals surface area contributed by atoms with E-state index in [1.165, 1.54) is 18.2 Å². The third-order valence-electron chi connectivity index (χ3n) is 2.75. The zero-order valence-corrected chi connectivity index (χ0v) is 15.4. The van der Waals surface area contributed by atoms with Gasteiger partial charge >= 0.3 is 5.97 Å². The van der Waals surface area contributed by atoms with Crippen molar-refractivity contribution in [2.75, 3.05) is 18.5 Å². The van der Waals surface area contributed by atoms with Crippen LogP contribution in [-0.4, -0.2) is 25.1 Å². The third kappa shape index (κ3) is 5.61. The van der Waals surface area contributed by atoms with Crippen LogP contribution in [0.4, 0.5) is 10.1 Å². The van der Waals surface area contributed by atoms with E-state index in [1.807, 2.05) is 6.07 Å². The van der Waals surface area contributed by atoms with Crippen LogP contribution >= 0.6 is 31.9 Å². The van der Waals surface area contributed by atoms with Gasteiger partial charge in [0.25, 0.3) is 5.91 Å². The molecule has 0 aliphatic heterocycles. The molecular formula is C16H12Br2FNO4. The fourth-order valence-electron chi connectivity index (χ4n) is 1.67. The standard InChI is InChI=1S/C16H12Br2FNO4/c17-11-3-1-2-4-13(11)20-15(21)8-24-16(22)9-23-14-6-5-10(19)7-12(14)18/h1-7H,8-9H2,(H,20,21). The summed E-state index contributed by atoms with van der Waals surface area (Å²) < 4.78 is 24.0. The van der Waals surface area contributed by atoms with Crippen LogP contribution in [0.3, 0.4) is 0 Å². The molecule has 126 valence electrons. The minimum atomic E-state index is -0.714. The van der Waals surface area contributed by atoms with Gasteiger partial charge in [0.2, 0.25) is 0 Å². The molecule has 0 spiro atoms. The Balaban J connectivity index is 1.76. The van der Waals surface area contributed by atoms with Crippen molar-refractivity contribution in [1.82, 2.24) is 0 Å². The van der Waals surface area contributed by atoms with E-state index < -0.39 is 30.9 Å². The second kappa shape index (κ2) is 8.79. The molecule has 2 rings (SSSR count). The lowest BCUT2D eigenvalue weighted by atomic mass is 10.3. The molecule has 0 fully saturated rings. The maximum absolute atomic E-state index is 12.9. The van der Waals surface area contributed by atoms with Crippen molar-refractivity contribution in [1.29, 1.82) is 0 Å². The second-order valence-corrected chi connectivity index (χ2v) is 6.26. The molecule has 0 saturated heterocycles. The number of anilines is 1. The first-order chi connectivity index (χ1) is 11.5. The first kappa shape index (κ1) is 18.4. The first-order valence-corrected chi connectivity index (χ1v) is 8.32. The van der Waals surface area contributed by atoms with Crippen LogP contribution in [0.25, 0.3) is 0 Å². The van der Waals surface area contributed by atoms with E-state index in [2.05, 4.69) is 37.2 Å². The molecule has 2 aromatic carbocycles. The maximum atomic E-state index is 12.9. The first-order valence-electron chi connectivity index (χ1n) is 6.73. The predicted octanol–water partition coefficient (Wildman–Crippen LogP) is 3.91. The molecular weight excluding hydrogens is 449 g/mol. The number of ether oxygens (including phenoxy) is 2. The van der Waals surface area contributed by atoms with E-state index in [4.69, 9.17) is 9.47 Å². The number of carbonyl (C=O) groups is 2. The average molecular weight is 461 g/mol. The van der Waals surface area contributed by atoms with Gasteiger partial charge in [0, 0.05) is 4.47 Å². The zero-order chi connectivity index (χ0) is 17.5. The smallest absolute Gasteiger partial charge is 0.344 e. The van der Waals surface area contributed by atoms with Crippen LogP contribution in [0.2, 0.25) is 0 Å². The highest BCUT2D eigenvalue weighted by atomic mass is 79.9. The fourth-order valence-corrected chi connectivity index (χ4v) is 2.51. The van der Waals surface area contributed by atoms with Crippen LogP contribution in [-0.2, 0) is 14.3 Å².